The molecule has 0 aromatic carbocycles. The van der Waals surface area contributed by atoms with E-state index in [1.807, 2.05) is 45.9 Å². The Labute approximate surface area is 578 Å². The summed E-state index contributed by atoms with van der Waals surface area (Å²) in [5.41, 5.74) is 7.11. The Hall–Kier alpha value is -7.32. The number of aliphatic hydroxyl groups is 6. The molecule has 0 radical (unpaired) electrons. The fourth-order valence-electron chi connectivity index (χ4n) is 15.1. The number of thiazole rings is 3. The SMILES string of the molecule is CCc1cc2sc(-c3c(C)nc(NCC4CC4)nc3N[C@@H]3C[C@H](CO)[C@@H](O)[C@H]3O)nc2c(CO[C@@H]2[C@H](O)[C@@H](CO)C[C@H]2Nc2nc(NCC3CC(C)C3)nc(C)c2-c2nc3c(O[C@H]4[C@H](Nc5nc(NCC6CC6)nc(C)c5-c5nc6cnccc6s5)CC5(CC5)[C@H]4O)nccc3s2)n1. The van der Waals surface area contributed by atoms with E-state index in [-0.39, 0.29) is 37.2 Å². The van der Waals surface area contributed by atoms with E-state index in [1.165, 1.54) is 35.5 Å². The summed E-state index contributed by atoms with van der Waals surface area (Å²) in [4.78, 5) is 60.0. The van der Waals surface area contributed by atoms with E-state index in [2.05, 4.69) is 43.8 Å². The molecule has 9 heterocycles. The summed E-state index contributed by atoms with van der Waals surface area (Å²) in [6, 6.07) is 4.34. The number of aromatic nitrogens is 12. The zero-order valence-electron chi connectivity index (χ0n) is 55.4. The summed E-state index contributed by atoms with van der Waals surface area (Å²) >= 11 is 4.47. The van der Waals surface area contributed by atoms with Gasteiger partial charge in [0.15, 0.2) is 0 Å². The van der Waals surface area contributed by atoms with Crippen LogP contribution in [0, 0.1) is 61.7 Å². The molecule has 7 aliphatic carbocycles. The average molecular weight is 1390 g/mol. The van der Waals surface area contributed by atoms with Gasteiger partial charge in [-0.3, -0.25) is 9.97 Å². The summed E-state index contributed by atoms with van der Waals surface area (Å²) < 4.78 is 16.6. The van der Waals surface area contributed by atoms with Crippen LogP contribution in [0.25, 0.3) is 62.4 Å². The highest BCUT2D eigenvalue weighted by molar-refractivity contribution is 7.22. The van der Waals surface area contributed by atoms with Gasteiger partial charge >= 0.3 is 0 Å². The summed E-state index contributed by atoms with van der Waals surface area (Å²) in [7, 11) is 0. The highest BCUT2D eigenvalue weighted by Gasteiger charge is 2.61. The average Bonchev–Trinajstić information content (AvgIpc) is 1.57. The number of aryl methyl sites for hydroxylation is 4. The second-order valence-electron chi connectivity index (χ2n) is 28.6. The molecule has 12 N–H and O–H groups in total. The largest absolute Gasteiger partial charge is 0.468 e. The molecule has 1 spiro atoms. The van der Waals surface area contributed by atoms with Gasteiger partial charge in [-0.05, 0) is 140 Å². The quantitative estimate of drug-likeness (QED) is 0.0241. The lowest BCUT2D eigenvalue weighted by molar-refractivity contribution is -0.0500. The standard InChI is InChI=1S/C69H84N18O8S3/c1-6-39-21-47-51(83-64(98-47)49-32(4)76-66(72-23-34-7-8-34)85-59(49)79-40-19-37(27-88)53(90)55(40)92)44(78-39)29-94-56-41(20-38(28-89)54(56)91)80-60-50(33(5)77-68(86-60)74-25-36-17-30(2)18-36)65-84-52-46(97-65)12-16-71-62(52)95-57-42(22-69(13-14-69)58(57)93)81-61-48(63-82-43-26-70-15-11-45(43)96-63)31(3)75-67(87-61)73-24-35-9-10-35/h11-12,15-16,21,26,30,34-38,40-42,53-58,88-93H,6-10,13-14,17-20,22-25,27-29H2,1-5H3,(H2,72,76,79,85)(H2,73,75,81,87)(H2,74,77,80,86)/t30?,36?,37-,38-,40-,41-,42-,53-,54-,55+,56+,57+,58+/m1/s1. The van der Waals surface area contributed by atoms with Crippen molar-refractivity contribution in [2.45, 2.75) is 173 Å². The van der Waals surface area contributed by atoms with Gasteiger partial charge < -0.3 is 72.0 Å². The van der Waals surface area contributed by atoms with Crippen molar-refractivity contribution in [1.29, 1.82) is 0 Å². The van der Waals surface area contributed by atoms with Crippen LogP contribution in [0.4, 0.5) is 35.3 Å². The van der Waals surface area contributed by atoms with Gasteiger partial charge in [-0.1, -0.05) is 13.8 Å². The Kier molecular flexibility index (Phi) is 17.8. The van der Waals surface area contributed by atoms with E-state index in [4.69, 9.17) is 64.3 Å². The van der Waals surface area contributed by atoms with E-state index in [1.54, 1.807) is 29.9 Å². The third-order valence-electron chi connectivity index (χ3n) is 21.3. The maximum atomic E-state index is 12.4. The Bertz CT molecular complexity index is 4410. The number of fused-ring (bicyclic) bond motifs is 3. The number of hydrogen-bond donors (Lipinski definition) is 12. The van der Waals surface area contributed by atoms with Crippen LogP contribution >= 0.6 is 34.0 Å². The summed E-state index contributed by atoms with van der Waals surface area (Å²) in [5, 5.41) is 90.9. The van der Waals surface area contributed by atoms with Crippen LogP contribution in [0.3, 0.4) is 0 Å². The van der Waals surface area contributed by atoms with Crippen molar-refractivity contribution in [3.05, 3.63) is 65.3 Å². The molecule has 11 atom stereocenters. The fraction of sp³-hybridized carbons (Fsp3) is 0.565. The molecule has 29 heteroatoms. The van der Waals surface area contributed by atoms with Crippen molar-refractivity contribution in [1.82, 2.24) is 59.8 Å². The molecule has 516 valence electrons. The summed E-state index contributed by atoms with van der Waals surface area (Å²) in [6.45, 7) is 11.8. The van der Waals surface area contributed by atoms with E-state index in [9.17, 15) is 30.6 Å². The second-order valence-corrected chi connectivity index (χ2v) is 31.7. The number of pyridine rings is 3. The highest BCUT2D eigenvalue weighted by atomic mass is 32.1. The van der Waals surface area contributed by atoms with Crippen molar-refractivity contribution in [2.24, 2.45) is 40.9 Å². The topological polar surface area (TPSA) is 367 Å². The Balaban J connectivity index is 0.701. The lowest BCUT2D eigenvalue weighted by Crippen LogP contribution is -2.41. The zero-order chi connectivity index (χ0) is 67.3. The summed E-state index contributed by atoms with van der Waals surface area (Å²) in [5.74, 6) is 4.49. The molecule has 7 fully saturated rings. The molecule has 9 aromatic rings. The van der Waals surface area contributed by atoms with E-state index in [0.717, 1.165) is 93.2 Å². The second kappa shape index (κ2) is 26.6. The van der Waals surface area contributed by atoms with Crippen molar-refractivity contribution >= 4 is 100.0 Å². The molecular formula is C69H84N18O8S3. The van der Waals surface area contributed by atoms with Crippen LogP contribution in [0.15, 0.2) is 36.8 Å². The van der Waals surface area contributed by atoms with Gasteiger partial charge in [0.05, 0.1) is 103 Å². The smallest absolute Gasteiger partial charge is 0.241 e. The third-order valence-corrected chi connectivity index (χ3v) is 24.4. The molecule has 0 saturated heterocycles. The van der Waals surface area contributed by atoms with Crippen LogP contribution in [-0.2, 0) is 17.8 Å². The zero-order valence-corrected chi connectivity index (χ0v) is 57.9. The molecule has 7 aliphatic rings. The molecule has 7 saturated carbocycles. The van der Waals surface area contributed by atoms with E-state index in [0.29, 0.717) is 140 Å². The molecule has 0 amide bonds. The number of aliphatic hydroxyl groups excluding tert-OH is 6. The highest BCUT2D eigenvalue weighted by Crippen LogP contribution is 2.59. The lowest BCUT2D eigenvalue weighted by atomic mass is 9.76. The molecule has 98 heavy (non-hydrogen) atoms. The number of nitrogens with one attached hydrogen (secondary N) is 6. The fourth-order valence-corrected chi connectivity index (χ4v) is 18.3. The van der Waals surface area contributed by atoms with Crippen molar-refractivity contribution < 1.29 is 40.1 Å². The van der Waals surface area contributed by atoms with Gasteiger partial charge in [-0.25, -0.2) is 34.9 Å². The normalized spacial score (nSPS) is 27.1. The summed E-state index contributed by atoms with van der Waals surface area (Å²) in [6.07, 6.45) is 10.0. The van der Waals surface area contributed by atoms with Gasteiger partial charge in [0, 0.05) is 68.2 Å². The van der Waals surface area contributed by atoms with Gasteiger partial charge in [0.2, 0.25) is 23.7 Å². The minimum Gasteiger partial charge on any atom is -0.468 e. The van der Waals surface area contributed by atoms with E-state index < -0.39 is 60.5 Å². The van der Waals surface area contributed by atoms with Crippen LogP contribution in [0.2, 0.25) is 0 Å². The first-order valence-corrected chi connectivity index (χ1v) is 37.2. The molecule has 0 bridgehead atoms. The van der Waals surface area contributed by atoms with Crippen molar-refractivity contribution in [2.75, 3.05) is 64.7 Å². The van der Waals surface area contributed by atoms with Crippen LogP contribution in [-0.4, -0.2) is 178 Å². The van der Waals surface area contributed by atoms with Gasteiger partial charge in [-0.15, -0.1) is 34.0 Å². The first-order chi connectivity index (χ1) is 47.6. The predicted octanol–water partition coefficient (Wildman–Crippen LogP) is 8.69. The van der Waals surface area contributed by atoms with Gasteiger partial charge in [0.1, 0.15) is 67.3 Å². The van der Waals surface area contributed by atoms with E-state index >= 15 is 0 Å². The molecule has 0 unspecified atom stereocenters. The molecule has 16 rings (SSSR count). The maximum absolute atomic E-state index is 12.4. The van der Waals surface area contributed by atoms with Crippen LogP contribution in [0.5, 0.6) is 5.88 Å². The number of nitrogens with zero attached hydrogens (tertiary/aromatic N) is 12. The minimum atomic E-state index is -1.14. The first-order valence-electron chi connectivity index (χ1n) is 34.7. The van der Waals surface area contributed by atoms with Crippen molar-refractivity contribution in [3.63, 3.8) is 0 Å². The number of anilines is 6. The van der Waals surface area contributed by atoms with Crippen LogP contribution < -0.4 is 36.6 Å². The first kappa shape index (κ1) is 65.3. The monoisotopic (exact) mass is 1390 g/mol. The Morgan fingerprint density at radius 1 is 0.571 bits per heavy atom. The van der Waals surface area contributed by atoms with Crippen LogP contribution in [0.1, 0.15) is 113 Å². The lowest BCUT2D eigenvalue weighted by Gasteiger charge is -2.32. The number of rotatable bonds is 26. The Morgan fingerprint density at radius 3 is 1.70 bits per heavy atom. The molecular weight excluding hydrogens is 1310 g/mol. The molecule has 0 aliphatic heterocycles. The Morgan fingerprint density at radius 2 is 1.12 bits per heavy atom. The number of ether oxygens (including phenoxy) is 2. The third kappa shape index (κ3) is 12.9. The molecule has 9 aromatic heterocycles. The van der Waals surface area contributed by atoms with Crippen molar-refractivity contribution in [3.8, 4) is 37.6 Å². The van der Waals surface area contributed by atoms with Gasteiger partial charge in [0.25, 0.3) is 0 Å². The maximum Gasteiger partial charge on any atom is 0.241 e. The predicted molar refractivity (Wildman–Crippen MR) is 378 cm³/mol. The van der Waals surface area contributed by atoms with Gasteiger partial charge in [-0.2, -0.15) is 15.0 Å². The number of hydrogen-bond acceptors (Lipinski definition) is 29. The molecule has 26 nitrogen and oxygen atoms in total. The minimum absolute atomic E-state index is 0.0342.